The van der Waals surface area contributed by atoms with Crippen LogP contribution in [-0.2, 0) is 9.31 Å². The highest BCUT2D eigenvalue weighted by atomic mass is 32.2. The molecule has 0 aromatic heterocycles. The Bertz CT molecular complexity index is 545. The molecule has 1 aromatic rings. The van der Waals surface area contributed by atoms with Crippen LogP contribution in [0, 0.1) is 5.82 Å². The van der Waals surface area contributed by atoms with E-state index in [1.807, 2.05) is 18.4 Å². The lowest BCUT2D eigenvalue weighted by atomic mass is 9.79. The van der Waals surface area contributed by atoms with Gasteiger partial charge in [0.05, 0.1) is 11.2 Å². The quantitative estimate of drug-likeness (QED) is 0.605. The van der Waals surface area contributed by atoms with Crippen molar-refractivity contribution in [1.82, 2.24) is 0 Å². The van der Waals surface area contributed by atoms with E-state index < -0.39 is 0 Å². The summed E-state index contributed by atoms with van der Waals surface area (Å²) in [5.74, 6) is 0.565. The van der Waals surface area contributed by atoms with Gasteiger partial charge in [-0.1, -0.05) is 6.07 Å². The van der Waals surface area contributed by atoms with Crippen LogP contribution < -0.4 is 0 Å². The summed E-state index contributed by atoms with van der Waals surface area (Å²) in [5.41, 5.74) is 0.474. The number of hydrogen-bond donors (Lipinski definition) is 0. The predicted octanol–water partition coefficient (Wildman–Crippen LogP) is 4.50. The summed E-state index contributed by atoms with van der Waals surface area (Å²) in [4.78, 5) is 0.701. The van der Waals surface area contributed by atoms with Crippen molar-refractivity contribution in [2.24, 2.45) is 0 Å². The maximum atomic E-state index is 13.9. The number of benzene rings is 1. The van der Waals surface area contributed by atoms with Gasteiger partial charge in [-0.25, -0.2) is 4.39 Å². The topological polar surface area (TPSA) is 18.5 Å². The highest BCUT2D eigenvalue weighted by molar-refractivity contribution is 7.98. The van der Waals surface area contributed by atoms with E-state index in [2.05, 4.69) is 27.7 Å². The van der Waals surface area contributed by atoms with Gasteiger partial charge in [0.1, 0.15) is 5.82 Å². The zero-order chi connectivity index (χ0) is 15.4. The number of halogens is 1. The Morgan fingerprint density at radius 1 is 1.19 bits per heavy atom. The Hall–Kier alpha value is -0.515. The molecule has 2 nitrogen and oxygen atoms in total. The van der Waals surface area contributed by atoms with Crippen LogP contribution in [0.25, 0.3) is 0 Å². The van der Waals surface area contributed by atoms with Crippen molar-refractivity contribution < 1.29 is 13.7 Å². The number of rotatable bonds is 3. The molecule has 1 aliphatic carbocycles. The molecule has 2 atom stereocenters. The molecule has 114 valence electrons. The van der Waals surface area contributed by atoms with E-state index in [4.69, 9.17) is 9.31 Å². The molecule has 3 rings (SSSR count). The lowest BCUT2D eigenvalue weighted by Crippen LogP contribution is -2.41. The molecule has 0 amide bonds. The first-order chi connectivity index (χ1) is 9.75. The zero-order valence-electron chi connectivity index (χ0n) is 13.3. The molecule has 5 heteroatoms. The lowest BCUT2D eigenvalue weighted by molar-refractivity contribution is 0.00578. The summed E-state index contributed by atoms with van der Waals surface area (Å²) in [5, 5.41) is 0. The summed E-state index contributed by atoms with van der Waals surface area (Å²) in [6.45, 7) is 8.27. The Labute approximate surface area is 130 Å². The molecule has 1 heterocycles. The SMILES string of the molecule is CSc1ccc(C2CC2B2OC(C)(C)C(C)(C)O2)cc1F. The van der Waals surface area contributed by atoms with Crippen molar-refractivity contribution in [3.05, 3.63) is 29.6 Å². The molecule has 0 spiro atoms. The summed E-state index contributed by atoms with van der Waals surface area (Å²) >= 11 is 1.44. The van der Waals surface area contributed by atoms with Crippen molar-refractivity contribution in [3.63, 3.8) is 0 Å². The van der Waals surface area contributed by atoms with Crippen LogP contribution >= 0.6 is 11.8 Å². The highest BCUT2D eigenvalue weighted by Crippen LogP contribution is 2.58. The van der Waals surface area contributed by atoms with Crippen molar-refractivity contribution in [2.75, 3.05) is 6.26 Å². The van der Waals surface area contributed by atoms with Crippen molar-refractivity contribution in [3.8, 4) is 0 Å². The molecule has 0 radical (unpaired) electrons. The molecule has 1 saturated carbocycles. The lowest BCUT2D eigenvalue weighted by Gasteiger charge is -2.32. The molecule has 0 bridgehead atoms. The number of thioether (sulfide) groups is 1. The minimum absolute atomic E-state index is 0.125. The van der Waals surface area contributed by atoms with Crippen LogP contribution in [0.15, 0.2) is 23.1 Å². The minimum atomic E-state index is -0.293. The maximum Gasteiger partial charge on any atom is 0.461 e. The van der Waals surface area contributed by atoms with Crippen LogP contribution in [0.2, 0.25) is 5.82 Å². The Morgan fingerprint density at radius 3 is 2.33 bits per heavy atom. The highest BCUT2D eigenvalue weighted by Gasteiger charge is 2.59. The third-order valence-corrected chi connectivity index (χ3v) is 5.84. The van der Waals surface area contributed by atoms with E-state index in [1.165, 1.54) is 11.8 Å². The average Bonchev–Trinajstić information content (AvgIpc) is 3.13. The Kier molecular flexibility index (Phi) is 3.66. The van der Waals surface area contributed by atoms with Crippen LogP contribution in [0.3, 0.4) is 0 Å². The maximum absolute atomic E-state index is 13.9. The monoisotopic (exact) mass is 308 g/mol. The second kappa shape index (κ2) is 5.00. The van der Waals surface area contributed by atoms with Crippen molar-refractivity contribution >= 4 is 18.9 Å². The van der Waals surface area contributed by atoms with Crippen molar-refractivity contribution in [1.29, 1.82) is 0 Å². The van der Waals surface area contributed by atoms with Gasteiger partial charge in [-0.15, -0.1) is 11.8 Å². The first kappa shape index (κ1) is 15.4. The molecule has 0 N–H and O–H groups in total. The van der Waals surface area contributed by atoms with Gasteiger partial charge >= 0.3 is 7.12 Å². The molecule has 1 aromatic carbocycles. The smallest absolute Gasteiger partial charge is 0.403 e. The summed E-state index contributed by atoms with van der Waals surface area (Å²) in [6.07, 6.45) is 2.90. The molecule has 2 fully saturated rings. The summed E-state index contributed by atoms with van der Waals surface area (Å²) < 4.78 is 26.1. The molecule has 2 unspecified atom stereocenters. The molecule has 1 aliphatic heterocycles. The standard InChI is InChI=1S/C16H22BFO2S/c1-15(2)16(3,4)20-17(19-15)12-9-11(12)10-6-7-14(21-5)13(18)8-10/h6-8,11-12H,9H2,1-5H3. The van der Waals surface area contributed by atoms with Crippen LogP contribution in [0.4, 0.5) is 4.39 Å². The van der Waals surface area contributed by atoms with E-state index in [0.717, 1.165) is 12.0 Å². The zero-order valence-corrected chi connectivity index (χ0v) is 14.1. The fourth-order valence-corrected chi connectivity index (χ4v) is 3.33. The van der Waals surface area contributed by atoms with Gasteiger partial charge in [-0.3, -0.25) is 0 Å². The summed E-state index contributed by atoms with van der Waals surface area (Å²) in [7, 11) is -0.178. The van der Waals surface area contributed by atoms with Gasteiger partial charge in [-0.05, 0) is 64.0 Å². The van der Waals surface area contributed by atoms with Gasteiger partial charge in [0.2, 0.25) is 0 Å². The summed E-state index contributed by atoms with van der Waals surface area (Å²) in [6, 6.07) is 5.57. The van der Waals surface area contributed by atoms with Gasteiger partial charge < -0.3 is 9.31 Å². The fourth-order valence-electron chi connectivity index (χ4n) is 2.88. The Balaban J connectivity index is 1.72. The van der Waals surface area contributed by atoms with E-state index in [1.54, 1.807) is 6.07 Å². The average molecular weight is 308 g/mol. The first-order valence-corrected chi connectivity index (χ1v) is 8.67. The van der Waals surface area contributed by atoms with Crippen LogP contribution in [-0.4, -0.2) is 24.6 Å². The number of hydrogen-bond acceptors (Lipinski definition) is 3. The van der Waals surface area contributed by atoms with Gasteiger partial charge in [-0.2, -0.15) is 0 Å². The van der Waals surface area contributed by atoms with Gasteiger partial charge in [0.15, 0.2) is 0 Å². The molecule has 1 saturated heterocycles. The van der Waals surface area contributed by atoms with E-state index in [0.29, 0.717) is 16.6 Å². The molecular weight excluding hydrogens is 286 g/mol. The van der Waals surface area contributed by atoms with Crippen molar-refractivity contribution in [2.45, 2.75) is 61.9 Å². The molecule has 2 aliphatic rings. The van der Waals surface area contributed by atoms with Gasteiger partial charge in [0, 0.05) is 10.7 Å². The van der Waals surface area contributed by atoms with E-state index in [9.17, 15) is 4.39 Å². The first-order valence-electron chi connectivity index (χ1n) is 7.44. The predicted molar refractivity (Wildman–Crippen MR) is 85.4 cm³/mol. The second-order valence-electron chi connectivity index (χ2n) is 7.02. The van der Waals surface area contributed by atoms with Crippen LogP contribution in [0.1, 0.15) is 45.6 Å². The molecule has 21 heavy (non-hydrogen) atoms. The third-order valence-electron chi connectivity index (χ3n) is 5.06. The third kappa shape index (κ3) is 2.64. The second-order valence-corrected chi connectivity index (χ2v) is 7.87. The normalized spacial score (nSPS) is 29.7. The largest absolute Gasteiger partial charge is 0.461 e. The van der Waals surface area contributed by atoms with E-state index in [-0.39, 0.29) is 24.1 Å². The van der Waals surface area contributed by atoms with Crippen LogP contribution in [0.5, 0.6) is 0 Å². The molecular formula is C16H22BFO2S. The van der Waals surface area contributed by atoms with Gasteiger partial charge in [0.25, 0.3) is 0 Å². The Morgan fingerprint density at radius 2 is 1.81 bits per heavy atom. The van der Waals surface area contributed by atoms with E-state index >= 15 is 0 Å². The minimum Gasteiger partial charge on any atom is -0.403 e. The fraction of sp³-hybridized carbons (Fsp3) is 0.625.